The fraction of sp³-hybridized carbons (Fsp3) is 0.217. The van der Waals surface area contributed by atoms with E-state index in [9.17, 15) is 14.4 Å². The Labute approximate surface area is 163 Å². The predicted molar refractivity (Wildman–Crippen MR) is 104 cm³/mol. The van der Waals surface area contributed by atoms with Crippen molar-refractivity contribution < 1.29 is 19.1 Å². The molecular formula is C23H21NO4. The van der Waals surface area contributed by atoms with Gasteiger partial charge >= 0.3 is 5.97 Å². The van der Waals surface area contributed by atoms with Crippen molar-refractivity contribution in [3.63, 3.8) is 0 Å². The summed E-state index contributed by atoms with van der Waals surface area (Å²) in [6.45, 7) is 5.35. The molecule has 1 saturated heterocycles. The normalized spacial score (nSPS) is 16.2. The average molecular weight is 375 g/mol. The molecule has 5 heteroatoms. The number of nitrogens with zero attached hydrogens (tertiary/aromatic N) is 1. The van der Waals surface area contributed by atoms with Gasteiger partial charge < -0.3 is 4.74 Å². The average Bonchev–Trinajstić information content (AvgIpc) is 2.99. The SMILES string of the molecule is C=C=C(C(=O)OCC)[C@H]1CC(=O)N(C(c2ccccc2)c2ccccc2)C1=O. The molecule has 0 unspecified atom stereocenters. The second-order valence-corrected chi connectivity index (χ2v) is 6.39. The molecule has 1 atom stereocenters. The van der Waals surface area contributed by atoms with Gasteiger partial charge in [0.25, 0.3) is 0 Å². The van der Waals surface area contributed by atoms with Gasteiger partial charge in [-0.15, -0.1) is 5.73 Å². The van der Waals surface area contributed by atoms with Crippen LogP contribution in [0.15, 0.2) is 78.5 Å². The van der Waals surface area contributed by atoms with Gasteiger partial charge in [0, 0.05) is 6.42 Å². The molecule has 2 aromatic carbocycles. The van der Waals surface area contributed by atoms with Crippen molar-refractivity contribution in [1.82, 2.24) is 4.90 Å². The van der Waals surface area contributed by atoms with E-state index < -0.39 is 23.8 Å². The van der Waals surface area contributed by atoms with Crippen LogP contribution in [0, 0.1) is 5.92 Å². The van der Waals surface area contributed by atoms with Crippen molar-refractivity contribution in [2.75, 3.05) is 6.61 Å². The Bertz CT molecular complexity index is 890. The number of hydrogen-bond acceptors (Lipinski definition) is 4. The zero-order chi connectivity index (χ0) is 20.1. The summed E-state index contributed by atoms with van der Waals surface area (Å²) in [5, 5.41) is 0. The van der Waals surface area contributed by atoms with Crippen LogP contribution in [0.4, 0.5) is 0 Å². The van der Waals surface area contributed by atoms with E-state index in [0.717, 1.165) is 11.1 Å². The lowest BCUT2D eigenvalue weighted by atomic mass is 9.96. The quantitative estimate of drug-likeness (QED) is 0.336. The molecule has 1 aliphatic rings. The molecule has 0 N–H and O–H groups in total. The third-order valence-corrected chi connectivity index (χ3v) is 4.71. The highest BCUT2D eigenvalue weighted by Gasteiger charge is 2.46. The Morgan fingerprint density at radius 2 is 1.64 bits per heavy atom. The number of benzene rings is 2. The Morgan fingerprint density at radius 3 is 2.11 bits per heavy atom. The Hall–Kier alpha value is -3.43. The summed E-state index contributed by atoms with van der Waals surface area (Å²) >= 11 is 0. The maximum atomic E-state index is 13.2. The maximum Gasteiger partial charge on any atom is 0.342 e. The minimum absolute atomic E-state index is 0.00238. The van der Waals surface area contributed by atoms with E-state index in [2.05, 4.69) is 12.3 Å². The van der Waals surface area contributed by atoms with Crippen molar-refractivity contribution in [3.05, 3.63) is 89.7 Å². The number of likely N-dealkylation sites (tertiary alicyclic amines) is 1. The first kappa shape index (κ1) is 19.3. The van der Waals surface area contributed by atoms with E-state index in [1.54, 1.807) is 6.92 Å². The van der Waals surface area contributed by atoms with Crippen molar-refractivity contribution in [2.45, 2.75) is 19.4 Å². The second kappa shape index (κ2) is 8.51. The van der Waals surface area contributed by atoms with Gasteiger partial charge in [0.2, 0.25) is 11.8 Å². The lowest BCUT2D eigenvalue weighted by Crippen LogP contribution is -2.36. The Kier molecular flexibility index (Phi) is 5.87. The van der Waals surface area contributed by atoms with Crippen LogP contribution in [-0.4, -0.2) is 29.3 Å². The minimum atomic E-state index is -0.932. The Morgan fingerprint density at radius 1 is 1.11 bits per heavy atom. The van der Waals surface area contributed by atoms with Crippen LogP contribution in [0.1, 0.15) is 30.5 Å². The fourth-order valence-electron chi connectivity index (χ4n) is 3.46. The monoisotopic (exact) mass is 375 g/mol. The van der Waals surface area contributed by atoms with Crippen LogP contribution in [0.5, 0.6) is 0 Å². The highest BCUT2D eigenvalue weighted by Crippen LogP contribution is 2.37. The first-order chi connectivity index (χ1) is 13.6. The van der Waals surface area contributed by atoms with Crippen LogP contribution in [0.3, 0.4) is 0 Å². The second-order valence-electron chi connectivity index (χ2n) is 6.39. The summed E-state index contributed by atoms with van der Waals surface area (Å²) in [6.07, 6.45) is -0.105. The molecule has 0 aliphatic carbocycles. The fourth-order valence-corrected chi connectivity index (χ4v) is 3.46. The third kappa shape index (κ3) is 3.66. The topological polar surface area (TPSA) is 63.7 Å². The van der Waals surface area contributed by atoms with Crippen LogP contribution in [-0.2, 0) is 19.1 Å². The zero-order valence-electron chi connectivity index (χ0n) is 15.6. The number of esters is 1. The van der Waals surface area contributed by atoms with Crippen molar-refractivity contribution in [2.24, 2.45) is 5.92 Å². The van der Waals surface area contributed by atoms with E-state index in [-0.39, 0.29) is 24.5 Å². The number of ether oxygens (including phenoxy) is 1. The van der Waals surface area contributed by atoms with Gasteiger partial charge in [-0.2, -0.15) is 0 Å². The van der Waals surface area contributed by atoms with Crippen LogP contribution < -0.4 is 0 Å². The number of carbonyl (C=O) groups excluding carboxylic acids is 3. The zero-order valence-corrected chi connectivity index (χ0v) is 15.6. The highest BCUT2D eigenvalue weighted by molar-refractivity contribution is 6.09. The molecule has 0 aromatic heterocycles. The molecule has 0 spiro atoms. The van der Waals surface area contributed by atoms with Gasteiger partial charge in [-0.25, -0.2) is 4.79 Å². The van der Waals surface area contributed by atoms with Gasteiger partial charge in [-0.3, -0.25) is 14.5 Å². The van der Waals surface area contributed by atoms with Gasteiger partial charge in [0.1, 0.15) is 0 Å². The van der Waals surface area contributed by atoms with Gasteiger partial charge in [0.05, 0.1) is 24.1 Å². The summed E-state index contributed by atoms with van der Waals surface area (Å²) in [4.78, 5) is 39.5. The smallest absolute Gasteiger partial charge is 0.342 e. The van der Waals surface area contributed by atoms with Gasteiger partial charge in [-0.05, 0) is 18.1 Å². The molecule has 142 valence electrons. The molecule has 0 radical (unpaired) electrons. The summed E-state index contributed by atoms with van der Waals surface area (Å²) in [6, 6.07) is 18.1. The van der Waals surface area contributed by atoms with E-state index in [1.165, 1.54) is 4.90 Å². The van der Waals surface area contributed by atoms with E-state index in [1.807, 2.05) is 60.7 Å². The summed E-state index contributed by atoms with van der Waals surface area (Å²) in [5.74, 6) is -2.38. The van der Waals surface area contributed by atoms with Crippen molar-refractivity contribution in [1.29, 1.82) is 0 Å². The number of amides is 2. The molecule has 1 fully saturated rings. The molecule has 0 bridgehead atoms. The largest absolute Gasteiger partial charge is 0.462 e. The molecule has 5 nitrogen and oxygen atoms in total. The van der Waals surface area contributed by atoms with Crippen molar-refractivity contribution >= 4 is 17.8 Å². The minimum Gasteiger partial charge on any atom is -0.462 e. The molecule has 3 rings (SSSR count). The lowest BCUT2D eigenvalue weighted by molar-refractivity contribution is -0.144. The number of imide groups is 1. The molecule has 28 heavy (non-hydrogen) atoms. The number of carbonyl (C=O) groups is 3. The molecular weight excluding hydrogens is 354 g/mol. The molecule has 0 saturated carbocycles. The Balaban J connectivity index is 2.02. The first-order valence-corrected chi connectivity index (χ1v) is 9.11. The van der Waals surface area contributed by atoms with Crippen molar-refractivity contribution in [3.8, 4) is 0 Å². The molecule has 2 amide bonds. The van der Waals surface area contributed by atoms with E-state index >= 15 is 0 Å². The van der Waals surface area contributed by atoms with E-state index in [0.29, 0.717) is 0 Å². The lowest BCUT2D eigenvalue weighted by Gasteiger charge is -2.27. The van der Waals surface area contributed by atoms with Crippen LogP contribution >= 0.6 is 0 Å². The van der Waals surface area contributed by atoms with Gasteiger partial charge in [-0.1, -0.05) is 67.2 Å². The summed E-state index contributed by atoms with van der Waals surface area (Å²) < 4.78 is 5.00. The van der Waals surface area contributed by atoms with Crippen LogP contribution in [0.25, 0.3) is 0 Å². The molecule has 2 aromatic rings. The summed E-state index contributed by atoms with van der Waals surface area (Å²) in [7, 11) is 0. The first-order valence-electron chi connectivity index (χ1n) is 9.11. The van der Waals surface area contributed by atoms with Crippen LogP contribution in [0.2, 0.25) is 0 Å². The predicted octanol–water partition coefficient (Wildman–Crippen LogP) is 3.43. The number of hydrogen-bond donors (Lipinski definition) is 0. The summed E-state index contributed by atoms with van der Waals surface area (Å²) in [5.41, 5.74) is 4.15. The molecule has 1 heterocycles. The van der Waals surface area contributed by atoms with Gasteiger partial charge in [0.15, 0.2) is 0 Å². The maximum absolute atomic E-state index is 13.2. The number of rotatable bonds is 6. The highest BCUT2D eigenvalue weighted by atomic mass is 16.5. The third-order valence-electron chi connectivity index (χ3n) is 4.71. The molecule has 1 aliphatic heterocycles. The standard InChI is InChI=1S/C23H21NO4/c1-3-18(23(27)28-4-2)19-15-20(25)24(22(19)26)21(16-11-7-5-8-12-16)17-13-9-6-10-14-17/h5-14,19,21H,1,4,15H2,2H3/t19-/m1/s1. The van der Waals surface area contributed by atoms with E-state index in [4.69, 9.17) is 4.74 Å².